The van der Waals surface area contributed by atoms with Crippen LogP contribution in [0.5, 0.6) is 0 Å². The summed E-state index contributed by atoms with van der Waals surface area (Å²) in [6.07, 6.45) is 2.17. The molecule has 88 valence electrons. The monoisotopic (exact) mass is 257 g/mol. The predicted molar refractivity (Wildman–Crippen MR) is 69.2 cm³/mol. The lowest BCUT2D eigenvalue weighted by Crippen LogP contribution is -2.27. The molecule has 0 spiro atoms. The normalized spacial score (nSPS) is 10.1. The minimum atomic E-state index is 0.0194. The maximum atomic E-state index is 11.1. The van der Waals surface area contributed by atoms with Gasteiger partial charge in [-0.2, -0.15) is 0 Å². The molecule has 0 unspecified atom stereocenters. The van der Waals surface area contributed by atoms with Crippen LogP contribution in [0.15, 0.2) is 29.4 Å². The van der Waals surface area contributed by atoms with Gasteiger partial charge in [-0.1, -0.05) is 16.9 Å². The number of hydrogen-bond acceptors (Lipinski definition) is 5. The van der Waals surface area contributed by atoms with E-state index in [1.54, 1.807) is 27.8 Å². The van der Waals surface area contributed by atoms with Gasteiger partial charge in [0.2, 0.25) is 5.91 Å². The Balaban J connectivity index is 2.02. The Morgan fingerprint density at radius 1 is 1.50 bits per heavy atom. The molecule has 0 radical (unpaired) electrons. The standard InChI is InChI=1S/C10H15N3OS2/c11-5-4-9(14)12-7-8-15-16-10-3-1-2-6-13-10/h1-3,6H,4-5,7-8,11H2,(H,12,14). The van der Waals surface area contributed by atoms with Gasteiger partial charge in [-0.05, 0) is 22.9 Å². The van der Waals surface area contributed by atoms with E-state index in [-0.39, 0.29) is 5.91 Å². The number of hydrogen-bond donors (Lipinski definition) is 2. The van der Waals surface area contributed by atoms with Crippen molar-refractivity contribution in [2.24, 2.45) is 5.73 Å². The first-order valence-corrected chi connectivity index (χ1v) is 7.32. The summed E-state index contributed by atoms with van der Waals surface area (Å²) in [6.45, 7) is 1.07. The van der Waals surface area contributed by atoms with E-state index in [1.165, 1.54) is 0 Å². The molecular formula is C10H15N3OS2. The van der Waals surface area contributed by atoms with E-state index in [4.69, 9.17) is 5.73 Å². The van der Waals surface area contributed by atoms with Crippen LogP contribution in [0.1, 0.15) is 6.42 Å². The van der Waals surface area contributed by atoms with E-state index < -0.39 is 0 Å². The zero-order chi connectivity index (χ0) is 11.6. The lowest BCUT2D eigenvalue weighted by Gasteiger charge is -2.03. The number of pyridine rings is 1. The predicted octanol–water partition coefficient (Wildman–Crippen LogP) is 1.29. The van der Waals surface area contributed by atoms with Crippen LogP contribution in [0.4, 0.5) is 0 Å². The molecule has 6 heteroatoms. The zero-order valence-corrected chi connectivity index (χ0v) is 10.5. The summed E-state index contributed by atoms with van der Waals surface area (Å²) < 4.78 is 0. The van der Waals surface area contributed by atoms with Crippen LogP contribution in [0.2, 0.25) is 0 Å². The van der Waals surface area contributed by atoms with Crippen LogP contribution < -0.4 is 11.1 Å². The van der Waals surface area contributed by atoms with Crippen molar-refractivity contribution < 1.29 is 4.79 Å². The fourth-order valence-electron chi connectivity index (χ4n) is 0.950. The Bertz CT molecular complexity index is 308. The molecule has 0 saturated heterocycles. The van der Waals surface area contributed by atoms with E-state index in [0.717, 1.165) is 10.8 Å². The van der Waals surface area contributed by atoms with Crippen molar-refractivity contribution in [3.05, 3.63) is 24.4 Å². The summed E-state index contributed by atoms with van der Waals surface area (Å²) in [5.74, 6) is 0.878. The van der Waals surface area contributed by atoms with Crippen LogP contribution in [0.25, 0.3) is 0 Å². The van der Waals surface area contributed by atoms with Gasteiger partial charge in [0, 0.05) is 31.5 Å². The van der Waals surface area contributed by atoms with Gasteiger partial charge in [-0.3, -0.25) is 4.79 Å². The van der Waals surface area contributed by atoms with Crippen molar-refractivity contribution in [2.75, 3.05) is 18.8 Å². The third-order valence-corrected chi connectivity index (χ3v) is 3.93. The summed E-state index contributed by atoms with van der Waals surface area (Å²) in [5, 5.41) is 3.78. The van der Waals surface area contributed by atoms with Crippen LogP contribution in [0.3, 0.4) is 0 Å². The van der Waals surface area contributed by atoms with Gasteiger partial charge < -0.3 is 11.1 Å². The third kappa shape index (κ3) is 5.99. The molecule has 4 nitrogen and oxygen atoms in total. The number of rotatable bonds is 7. The average molecular weight is 257 g/mol. The fourth-order valence-corrected chi connectivity index (χ4v) is 2.74. The molecule has 0 atom stereocenters. The molecule has 0 saturated carbocycles. The van der Waals surface area contributed by atoms with Crippen molar-refractivity contribution in [1.82, 2.24) is 10.3 Å². The highest BCUT2D eigenvalue weighted by Gasteiger charge is 1.98. The van der Waals surface area contributed by atoms with Gasteiger partial charge in [-0.15, -0.1) is 0 Å². The average Bonchev–Trinajstić information content (AvgIpc) is 2.30. The number of nitrogens with zero attached hydrogens (tertiary/aromatic N) is 1. The summed E-state index contributed by atoms with van der Waals surface area (Å²) in [6, 6.07) is 5.81. The Morgan fingerprint density at radius 2 is 2.38 bits per heavy atom. The second kappa shape index (κ2) is 8.43. The third-order valence-electron chi connectivity index (χ3n) is 1.66. The summed E-state index contributed by atoms with van der Waals surface area (Å²) in [5.41, 5.74) is 5.26. The van der Waals surface area contributed by atoms with Gasteiger partial charge in [0.15, 0.2) is 0 Å². The molecule has 0 fully saturated rings. The number of aromatic nitrogens is 1. The van der Waals surface area contributed by atoms with Crippen LogP contribution in [0, 0.1) is 0 Å². The number of carbonyl (C=O) groups excluding carboxylic acids is 1. The number of nitrogens with one attached hydrogen (secondary N) is 1. The second-order valence-electron chi connectivity index (χ2n) is 2.96. The highest BCUT2D eigenvalue weighted by atomic mass is 33.1. The molecule has 0 aromatic carbocycles. The molecule has 3 N–H and O–H groups in total. The van der Waals surface area contributed by atoms with E-state index >= 15 is 0 Å². The highest BCUT2D eigenvalue weighted by Crippen LogP contribution is 2.28. The Labute approximate surface area is 103 Å². The van der Waals surface area contributed by atoms with Gasteiger partial charge in [0.1, 0.15) is 5.03 Å². The topological polar surface area (TPSA) is 68.0 Å². The van der Waals surface area contributed by atoms with Gasteiger partial charge in [-0.25, -0.2) is 4.98 Å². The Hall–Kier alpha value is -0.720. The van der Waals surface area contributed by atoms with Crippen molar-refractivity contribution in [2.45, 2.75) is 11.4 Å². The SMILES string of the molecule is NCCC(=O)NCCSSc1ccccn1. The maximum Gasteiger partial charge on any atom is 0.221 e. The molecule has 16 heavy (non-hydrogen) atoms. The van der Waals surface area contributed by atoms with Gasteiger partial charge in [0.05, 0.1) is 0 Å². The first kappa shape index (κ1) is 13.3. The molecule has 1 heterocycles. The zero-order valence-electron chi connectivity index (χ0n) is 8.89. The molecule has 0 bridgehead atoms. The quantitative estimate of drug-likeness (QED) is 0.569. The van der Waals surface area contributed by atoms with E-state index in [2.05, 4.69) is 10.3 Å². The number of nitrogens with two attached hydrogens (primary N) is 1. The summed E-state index contributed by atoms with van der Waals surface area (Å²) >= 11 is 0. The van der Waals surface area contributed by atoms with Crippen molar-refractivity contribution >= 4 is 27.5 Å². The Kier molecular flexibility index (Phi) is 7.03. The fraction of sp³-hybridized carbons (Fsp3) is 0.400. The molecular weight excluding hydrogens is 242 g/mol. The van der Waals surface area contributed by atoms with Crippen molar-refractivity contribution in [1.29, 1.82) is 0 Å². The molecule has 1 aromatic rings. The smallest absolute Gasteiger partial charge is 0.221 e. The maximum absolute atomic E-state index is 11.1. The number of carbonyl (C=O) groups is 1. The first-order valence-electron chi connectivity index (χ1n) is 5.00. The van der Waals surface area contributed by atoms with Crippen LogP contribution in [-0.4, -0.2) is 29.7 Å². The van der Waals surface area contributed by atoms with Crippen molar-refractivity contribution in [3.63, 3.8) is 0 Å². The summed E-state index contributed by atoms with van der Waals surface area (Å²) in [7, 11) is 3.29. The number of amides is 1. The molecule has 1 rings (SSSR count). The van der Waals surface area contributed by atoms with E-state index in [9.17, 15) is 4.79 Å². The first-order chi connectivity index (χ1) is 7.83. The van der Waals surface area contributed by atoms with Crippen LogP contribution >= 0.6 is 21.6 Å². The lowest BCUT2D eigenvalue weighted by atomic mass is 10.4. The largest absolute Gasteiger partial charge is 0.355 e. The van der Waals surface area contributed by atoms with E-state index in [1.807, 2.05) is 18.2 Å². The molecule has 0 aliphatic carbocycles. The highest BCUT2D eigenvalue weighted by molar-refractivity contribution is 8.76. The summed E-state index contributed by atoms with van der Waals surface area (Å²) in [4.78, 5) is 15.2. The van der Waals surface area contributed by atoms with E-state index in [0.29, 0.717) is 19.5 Å². The van der Waals surface area contributed by atoms with Gasteiger partial charge >= 0.3 is 0 Å². The second-order valence-corrected chi connectivity index (χ2v) is 5.40. The molecule has 1 aromatic heterocycles. The minimum absolute atomic E-state index is 0.0194. The minimum Gasteiger partial charge on any atom is -0.355 e. The van der Waals surface area contributed by atoms with Crippen molar-refractivity contribution in [3.8, 4) is 0 Å². The van der Waals surface area contributed by atoms with Crippen LogP contribution in [-0.2, 0) is 4.79 Å². The molecule has 0 aliphatic rings. The molecule has 1 amide bonds. The van der Waals surface area contributed by atoms with Gasteiger partial charge in [0.25, 0.3) is 0 Å². The molecule has 0 aliphatic heterocycles. The lowest BCUT2D eigenvalue weighted by molar-refractivity contribution is -0.120. The Morgan fingerprint density at radius 3 is 3.06 bits per heavy atom.